The second kappa shape index (κ2) is 17.1. The van der Waals surface area contributed by atoms with Gasteiger partial charge >= 0.3 is 0 Å². The number of nitrogens with zero attached hydrogens (tertiary/aromatic N) is 3. The van der Waals surface area contributed by atoms with Crippen LogP contribution in [0.5, 0.6) is 5.75 Å². The maximum absolute atomic E-state index is 10.1. The number of hydrogen-bond donors (Lipinski definition) is 1. The minimum atomic E-state index is 0. The molecule has 0 aromatic heterocycles. The molecular formula is C35H44BrN3OS. The highest BCUT2D eigenvalue weighted by atomic mass is 79.9. The van der Waals surface area contributed by atoms with Crippen LogP contribution in [0.3, 0.4) is 0 Å². The number of aromatic hydroxyl groups is 1. The van der Waals surface area contributed by atoms with Crippen molar-refractivity contribution in [2.45, 2.75) is 70.7 Å². The number of hydrogen-bond acceptors (Lipinski definition) is 4. The van der Waals surface area contributed by atoms with Gasteiger partial charge in [0.05, 0.1) is 21.8 Å². The predicted octanol–water partition coefficient (Wildman–Crippen LogP) is 9.76. The molecule has 1 aliphatic carbocycles. The number of phenols is 1. The van der Waals surface area contributed by atoms with Crippen molar-refractivity contribution in [3.8, 4) is 17.0 Å². The maximum Gasteiger partial charge on any atom is 0.117 e. The Balaban J connectivity index is 0.00000462. The summed E-state index contributed by atoms with van der Waals surface area (Å²) in [5, 5.41) is 12.4. The van der Waals surface area contributed by atoms with Crippen molar-refractivity contribution in [1.29, 1.82) is 0 Å². The second-order valence-corrected chi connectivity index (χ2v) is 11.2. The Morgan fingerprint density at radius 3 is 2.46 bits per heavy atom. The topological polar surface area (TPSA) is 40.8 Å². The lowest BCUT2D eigenvalue weighted by molar-refractivity contribution is 0.475. The van der Waals surface area contributed by atoms with Gasteiger partial charge in [-0.15, -0.1) is 17.0 Å². The molecule has 0 fully saturated rings. The van der Waals surface area contributed by atoms with Crippen molar-refractivity contribution < 1.29 is 5.11 Å². The number of thioether (sulfide) groups is 1. The number of benzene rings is 2. The van der Waals surface area contributed by atoms with Gasteiger partial charge in [0, 0.05) is 42.4 Å². The van der Waals surface area contributed by atoms with E-state index in [1.807, 2.05) is 12.1 Å². The van der Waals surface area contributed by atoms with Crippen molar-refractivity contribution in [1.82, 2.24) is 4.57 Å². The molecule has 1 N–H and O–H groups in total. The first-order chi connectivity index (χ1) is 19.6. The van der Waals surface area contributed by atoms with Gasteiger partial charge in [0.15, 0.2) is 0 Å². The van der Waals surface area contributed by atoms with E-state index in [-0.39, 0.29) is 17.0 Å². The van der Waals surface area contributed by atoms with Crippen LogP contribution >= 0.6 is 28.7 Å². The van der Waals surface area contributed by atoms with E-state index < -0.39 is 0 Å². The molecule has 218 valence electrons. The molecule has 4 rings (SSSR count). The van der Waals surface area contributed by atoms with E-state index in [1.165, 1.54) is 26.7 Å². The monoisotopic (exact) mass is 633 g/mol. The molecule has 0 saturated carbocycles. The smallest absolute Gasteiger partial charge is 0.117 e. The minimum absolute atomic E-state index is 0. The van der Waals surface area contributed by atoms with Gasteiger partial charge in [-0.2, -0.15) is 0 Å². The summed E-state index contributed by atoms with van der Waals surface area (Å²) < 4.78 is 2.37. The minimum Gasteiger partial charge on any atom is -0.508 e. The zero-order chi connectivity index (χ0) is 28.2. The highest BCUT2D eigenvalue weighted by molar-refractivity contribution is 8.93. The van der Waals surface area contributed by atoms with Crippen molar-refractivity contribution in [2.24, 2.45) is 4.99 Å². The Kier molecular flexibility index (Phi) is 13.6. The molecule has 0 radical (unpaired) electrons. The van der Waals surface area contributed by atoms with Gasteiger partial charge in [-0.1, -0.05) is 67.6 Å². The number of unbranched alkanes of at least 4 members (excludes halogenated alkanes) is 3. The number of allylic oxidation sites excluding steroid dienone is 6. The molecule has 1 aromatic carbocycles. The molecule has 1 aromatic rings. The maximum atomic E-state index is 10.1. The zero-order valence-corrected chi connectivity index (χ0v) is 27.2. The first-order valence-electron chi connectivity index (χ1n) is 14.7. The van der Waals surface area contributed by atoms with E-state index in [1.54, 1.807) is 17.8 Å². The van der Waals surface area contributed by atoms with Crippen LogP contribution in [-0.2, 0) is 6.54 Å². The highest BCUT2D eigenvalue weighted by Crippen LogP contribution is 2.47. The zero-order valence-electron chi connectivity index (χ0n) is 24.6. The highest BCUT2D eigenvalue weighted by Gasteiger charge is 2.24. The van der Waals surface area contributed by atoms with Crippen molar-refractivity contribution in [2.75, 3.05) is 18.0 Å². The fourth-order valence-corrected chi connectivity index (χ4v) is 5.99. The van der Waals surface area contributed by atoms with Crippen molar-refractivity contribution >= 4 is 40.5 Å². The van der Waals surface area contributed by atoms with Crippen molar-refractivity contribution in [3.63, 3.8) is 0 Å². The normalized spacial score (nSPS) is 14.8. The van der Waals surface area contributed by atoms with Crippen LogP contribution in [0.2, 0.25) is 0 Å². The van der Waals surface area contributed by atoms with Gasteiger partial charge in [0.25, 0.3) is 0 Å². The summed E-state index contributed by atoms with van der Waals surface area (Å²) >= 11 is 1.77. The van der Waals surface area contributed by atoms with Crippen LogP contribution in [0.4, 0.5) is 5.69 Å². The van der Waals surface area contributed by atoms with E-state index in [0.29, 0.717) is 5.75 Å². The van der Waals surface area contributed by atoms with Gasteiger partial charge in [0.1, 0.15) is 5.75 Å². The fraction of sp³-hybridized carbons (Fsp3) is 0.343. The molecule has 6 heteroatoms. The number of aryl methyl sites for hydroxylation is 1. The third kappa shape index (κ3) is 9.01. The van der Waals surface area contributed by atoms with Gasteiger partial charge in [-0.05, 0) is 87.9 Å². The van der Waals surface area contributed by atoms with E-state index in [2.05, 4.69) is 103 Å². The molecule has 0 amide bonds. The first kappa shape index (κ1) is 32.6. The van der Waals surface area contributed by atoms with Crippen LogP contribution < -0.4 is 10.3 Å². The Labute approximate surface area is 261 Å². The van der Waals surface area contributed by atoms with Gasteiger partial charge in [0.2, 0.25) is 0 Å². The number of fused-ring (bicyclic) bond motifs is 2. The second-order valence-electron chi connectivity index (χ2n) is 10.1. The van der Waals surface area contributed by atoms with Gasteiger partial charge in [-0.25, -0.2) is 0 Å². The fourth-order valence-electron chi connectivity index (χ4n) is 4.91. The van der Waals surface area contributed by atoms with Crippen LogP contribution in [0.15, 0.2) is 100 Å². The van der Waals surface area contributed by atoms with Crippen LogP contribution in [-0.4, -0.2) is 22.8 Å². The standard InChI is InChI=1S/C35H43N3OS.BrH/c1-4-7-10-12-23-37-25-21-28(31-19-17-29(26-32(31)37)36-22-9-6-3)15-14-16-35-38(24-13-11-8-5-2)33-27-30(39)18-20-34(33)40-35;/h4-5,7-8,14-21,25-27,39H,6,9-13,22-24H2,1-3H3;1H/b7-4+,8-5+,15-14-,35-16-,36-29?;. The van der Waals surface area contributed by atoms with Crippen molar-refractivity contribution in [3.05, 3.63) is 101 Å². The quantitative estimate of drug-likeness (QED) is 0.150. The van der Waals surface area contributed by atoms with Crippen LogP contribution in [0.25, 0.3) is 17.3 Å². The van der Waals surface area contributed by atoms with E-state index in [4.69, 9.17) is 4.99 Å². The Morgan fingerprint density at radius 2 is 1.71 bits per heavy atom. The third-order valence-electron chi connectivity index (χ3n) is 7.06. The van der Waals surface area contributed by atoms with Crippen LogP contribution in [0.1, 0.15) is 64.9 Å². The number of pyridine rings is 1. The molecule has 2 aliphatic heterocycles. The summed E-state index contributed by atoms with van der Waals surface area (Å²) in [7, 11) is 0. The molecular weight excluding hydrogens is 590 g/mol. The number of aromatic nitrogens is 1. The lowest BCUT2D eigenvalue weighted by atomic mass is 10.0. The summed E-state index contributed by atoms with van der Waals surface area (Å²) in [6.07, 6.45) is 24.1. The number of phenolic OH excluding ortho intramolecular Hbond substituents is 1. The summed E-state index contributed by atoms with van der Waals surface area (Å²) in [6.45, 7) is 9.13. The average molecular weight is 635 g/mol. The Bertz CT molecular complexity index is 1420. The summed E-state index contributed by atoms with van der Waals surface area (Å²) in [4.78, 5) is 8.35. The SMILES string of the molecule is Br.C/C=C/CCCN1/C(=C/C=C\c2ccn(CCC/C=C/C)c3cc(=NCCCC)ccc2-3)Sc2ccc(O)cc21. The third-order valence-corrected chi connectivity index (χ3v) is 8.19. The largest absolute Gasteiger partial charge is 0.508 e. The van der Waals surface area contributed by atoms with Gasteiger partial charge < -0.3 is 14.6 Å². The molecule has 0 spiro atoms. The number of anilines is 1. The Hall–Kier alpha value is -2.96. The number of rotatable bonds is 13. The summed E-state index contributed by atoms with van der Waals surface area (Å²) in [5.74, 6) is 0.310. The molecule has 3 aliphatic rings. The van der Waals surface area contributed by atoms with E-state index >= 15 is 0 Å². The Morgan fingerprint density at radius 1 is 0.927 bits per heavy atom. The summed E-state index contributed by atoms with van der Waals surface area (Å²) in [6, 6.07) is 14.5. The molecule has 0 bridgehead atoms. The summed E-state index contributed by atoms with van der Waals surface area (Å²) in [5.41, 5.74) is 4.77. The molecule has 2 heterocycles. The average Bonchev–Trinajstić information content (AvgIpc) is 3.30. The van der Waals surface area contributed by atoms with E-state index in [9.17, 15) is 5.11 Å². The number of halogens is 1. The molecule has 4 nitrogen and oxygen atoms in total. The first-order valence-corrected chi connectivity index (χ1v) is 15.5. The van der Waals surface area contributed by atoms with Gasteiger partial charge in [-0.3, -0.25) is 4.99 Å². The van der Waals surface area contributed by atoms with Crippen LogP contribution in [0, 0.1) is 0 Å². The lowest BCUT2D eigenvalue weighted by Gasteiger charge is -2.20. The van der Waals surface area contributed by atoms with E-state index in [0.717, 1.165) is 69.2 Å². The predicted molar refractivity (Wildman–Crippen MR) is 183 cm³/mol. The molecule has 0 unspecified atom stereocenters. The molecule has 41 heavy (non-hydrogen) atoms. The lowest BCUT2D eigenvalue weighted by Crippen LogP contribution is -2.18. The molecule has 0 saturated heterocycles. The molecule has 0 atom stereocenters.